The van der Waals surface area contributed by atoms with Gasteiger partial charge < -0.3 is 13.9 Å². The van der Waals surface area contributed by atoms with Gasteiger partial charge in [-0.25, -0.2) is 4.79 Å². The quantitative estimate of drug-likeness (QED) is 0.420. The van der Waals surface area contributed by atoms with Crippen molar-refractivity contribution >= 4 is 14.5 Å². The molecule has 0 aromatic heterocycles. The van der Waals surface area contributed by atoms with Gasteiger partial charge in [0.15, 0.2) is 8.32 Å². The number of ether oxygens (including phenoxy) is 2. The SMILES string of the molecule is C=C(COC(=O)OCC)CO[Si](C)(C)C(C)(C)C. The number of hydrogen-bond acceptors (Lipinski definition) is 4. The Hall–Kier alpha value is -0.813. The predicted molar refractivity (Wildman–Crippen MR) is 75.3 cm³/mol. The first kappa shape index (κ1) is 17.2. The number of carbonyl (C=O) groups excluding carboxylic acids is 1. The van der Waals surface area contributed by atoms with Crippen molar-refractivity contribution in [3.63, 3.8) is 0 Å². The van der Waals surface area contributed by atoms with E-state index >= 15 is 0 Å². The van der Waals surface area contributed by atoms with E-state index in [1.807, 2.05) is 0 Å². The van der Waals surface area contributed by atoms with Crippen LogP contribution in [0.1, 0.15) is 27.7 Å². The zero-order chi connectivity index (χ0) is 14.4. The average Bonchev–Trinajstić information content (AvgIpc) is 2.22. The van der Waals surface area contributed by atoms with E-state index in [1.54, 1.807) is 6.92 Å². The minimum absolute atomic E-state index is 0.146. The van der Waals surface area contributed by atoms with E-state index in [0.29, 0.717) is 13.2 Å². The third-order valence-electron chi connectivity index (χ3n) is 3.10. The molecule has 0 unspecified atom stereocenters. The predicted octanol–water partition coefficient (Wildman–Crippen LogP) is 3.74. The van der Waals surface area contributed by atoms with Crippen molar-refractivity contribution in [3.05, 3.63) is 12.2 Å². The molecule has 5 heteroatoms. The molecular weight excluding hydrogens is 248 g/mol. The first-order valence-corrected chi connectivity index (χ1v) is 9.11. The van der Waals surface area contributed by atoms with Gasteiger partial charge in [0.1, 0.15) is 6.61 Å². The maximum absolute atomic E-state index is 11.0. The smallest absolute Gasteiger partial charge is 0.435 e. The summed E-state index contributed by atoms with van der Waals surface area (Å²) in [6.45, 7) is 17.3. The van der Waals surface area contributed by atoms with Crippen LogP contribution < -0.4 is 0 Å². The van der Waals surface area contributed by atoms with E-state index in [9.17, 15) is 4.79 Å². The second kappa shape index (κ2) is 6.94. The lowest BCUT2D eigenvalue weighted by molar-refractivity contribution is 0.0641. The average molecular weight is 274 g/mol. The Bertz CT molecular complexity index is 292. The molecule has 0 aromatic carbocycles. The Morgan fingerprint density at radius 2 is 1.72 bits per heavy atom. The molecule has 0 spiro atoms. The van der Waals surface area contributed by atoms with Crippen LogP contribution in [-0.4, -0.2) is 34.3 Å². The van der Waals surface area contributed by atoms with Gasteiger partial charge in [0.05, 0.1) is 13.2 Å². The van der Waals surface area contributed by atoms with Crippen molar-refractivity contribution in [1.29, 1.82) is 0 Å². The fraction of sp³-hybridized carbons (Fsp3) is 0.769. The molecule has 0 aliphatic heterocycles. The minimum Gasteiger partial charge on any atom is -0.435 e. The summed E-state index contributed by atoms with van der Waals surface area (Å²) in [5.74, 6) is 0. The molecule has 0 heterocycles. The van der Waals surface area contributed by atoms with Gasteiger partial charge in [-0.2, -0.15) is 0 Å². The molecule has 0 bridgehead atoms. The van der Waals surface area contributed by atoms with Crippen LogP contribution in [0.4, 0.5) is 4.79 Å². The van der Waals surface area contributed by atoms with Crippen molar-refractivity contribution in [3.8, 4) is 0 Å². The van der Waals surface area contributed by atoms with E-state index < -0.39 is 14.5 Å². The minimum atomic E-state index is -1.77. The van der Waals surface area contributed by atoms with Gasteiger partial charge in [-0.05, 0) is 30.6 Å². The topological polar surface area (TPSA) is 44.8 Å². The molecule has 0 aromatic rings. The van der Waals surface area contributed by atoms with Crippen LogP contribution in [0.5, 0.6) is 0 Å². The zero-order valence-electron chi connectivity index (χ0n) is 12.5. The van der Waals surface area contributed by atoms with Gasteiger partial charge >= 0.3 is 6.16 Å². The normalized spacial score (nSPS) is 12.1. The molecule has 0 saturated carbocycles. The summed E-state index contributed by atoms with van der Waals surface area (Å²) in [5.41, 5.74) is 0.743. The molecule has 0 amide bonds. The van der Waals surface area contributed by atoms with Gasteiger partial charge in [-0.15, -0.1) is 0 Å². The second-order valence-electron chi connectivity index (χ2n) is 5.77. The number of carbonyl (C=O) groups is 1. The number of hydrogen-bond donors (Lipinski definition) is 0. The van der Waals surface area contributed by atoms with Crippen LogP contribution in [0, 0.1) is 0 Å². The second-order valence-corrected chi connectivity index (χ2v) is 10.6. The van der Waals surface area contributed by atoms with Crippen molar-refractivity contribution in [1.82, 2.24) is 0 Å². The van der Waals surface area contributed by atoms with E-state index in [1.165, 1.54) is 0 Å². The molecule has 0 saturated heterocycles. The lowest BCUT2D eigenvalue weighted by atomic mass is 10.2. The fourth-order valence-corrected chi connectivity index (χ4v) is 1.86. The Balaban J connectivity index is 4.01. The van der Waals surface area contributed by atoms with Crippen molar-refractivity contribution in [2.75, 3.05) is 19.8 Å². The van der Waals surface area contributed by atoms with Crippen LogP contribution >= 0.6 is 0 Å². The van der Waals surface area contributed by atoms with Gasteiger partial charge in [0.25, 0.3) is 0 Å². The molecule has 0 rings (SSSR count). The van der Waals surface area contributed by atoms with Gasteiger partial charge in [0.2, 0.25) is 0 Å². The first-order valence-electron chi connectivity index (χ1n) is 6.20. The molecule has 0 radical (unpaired) electrons. The fourth-order valence-electron chi connectivity index (χ4n) is 0.861. The van der Waals surface area contributed by atoms with E-state index in [2.05, 4.69) is 45.2 Å². The number of rotatable bonds is 6. The van der Waals surface area contributed by atoms with Crippen molar-refractivity contribution in [2.24, 2.45) is 0 Å². The van der Waals surface area contributed by atoms with Crippen molar-refractivity contribution < 1.29 is 18.7 Å². The van der Waals surface area contributed by atoms with Crippen LogP contribution in [0.25, 0.3) is 0 Å². The highest BCUT2D eigenvalue weighted by Crippen LogP contribution is 2.36. The molecule has 4 nitrogen and oxygen atoms in total. The molecular formula is C13H26O4Si. The Morgan fingerprint density at radius 1 is 1.17 bits per heavy atom. The summed E-state index contributed by atoms with van der Waals surface area (Å²) >= 11 is 0. The molecule has 0 atom stereocenters. The first-order chi connectivity index (χ1) is 8.10. The van der Waals surface area contributed by atoms with Gasteiger partial charge in [0, 0.05) is 0 Å². The van der Waals surface area contributed by atoms with E-state index in [-0.39, 0.29) is 11.6 Å². The summed E-state index contributed by atoms with van der Waals surface area (Å²) in [6.07, 6.45) is -0.661. The Labute approximate surface area is 111 Å². The molecule has 0 N–H and O–H groups in total. The summed E-state index contributed by atoms with van der Waals surface area (Å²) in [4.78, 5) is 11.0. The Kier molecular flexibility index (Phi) is 6.63. The highest BCUT2D eigenvalue weighted by atomic mass is 28.4. The summed E-state index contributed by atoms with van der Waals surface area (Å²) < 4.78 is 15.5. The van der Waals surface area contributed by atoms with Crippen LogP contribution in [0.2, 0.25) is 18.1 Å². The standard InChI is InChI=1S/C13H26O4Si/c1-8-15-12(14)16-9-11(2)10-17-18(6,7)13(3,4)5/h2,8-10H2,1,3-7H3. The highest BCUT2D eigenvalue weighted by Gasteiger charge is 2.37. The Morgan fingerprint density at radius 3 is 2.17 bits per heavy atom. The maximum atomic E-state index is 11.0. The molecule has 106 valence electrons. The van der Waals surface area contributed by atoms with Crippen LogP contribution in [0.3, 0.4) is 0 Å². The zero-order valence-corrected chi connectivity index (χ0v) is 13.5. The molecule has 0 aliphatic carbocycles. The lowest BCUT2D eigenvalue weighted by Gasteiger charge is -2.36. The molecule has 0 fully saturated rings. The summed E-state index contributed by atoms with van der Waals surface area (Å²) in [7, 11) is -1.77. The highest BCUT2D eigenvalue weighted by molar-refractivity contribution is 6.74. The van der Waals surface area contributed by atoms with E-state index in [4.69, 9.17) is 9.16 Å². The van der Waals surface area contributed by atoms with Crippen LogP contribution in [-0.2, 0) is 13.9 Å². The lowest BCUT2D eigenvalue weighted by Crippen LogP contribution is -2.41. The van der Waals surface area contributed by atoms with Crippen molar-refractivity contribution in [2.45, 2.75) is 45.8 Å². The molecule has 18 heavy (non-hydrogen) atoms. The van der Waals surface area contributed by atoms with Gasteiger partial charge in [-0.1, -0.05) is 27.4 Å². The summed E-state index contributed by atoms with van der Waals surface area (Å²) in [6, 6.07) is 0. The maximum Gasteiger partial charge on any atom is 0.508 e. The van der Waals surface area contributed by atoms with Gasteiger partial charge in [-0.3, -0.25) is 0 Å². The largest absolute Gasteiger partial charge is 0.508 e. The third-order valence-corrected chi connectivity index (χ3v) is 7.58. The third kappa shape index (κ3) is 6.21. The van der Waals surface area contributed by atoms with E-state index in [0.717, 1.165) is 5.57 Å². The van der Waals surface area contributed by atoms with Crippen LogP contribution in [0.15, 0.2) is 12.2 Å². The summed E-state index contributed by atoms with van der Waals surface area (Å²) in [5, 5.41) is 0.162. The monoisotopic (exact) mass is 274 g/mol. The molecule has 0 aliphatic rings.